The number of anilines is 1. The van der Waals surface area contributed by atoms with Crippen LogP contribution in [0, 0.1) is 0 Å². The Bertz CT molecular complexity index is 258. The number of rotatable bonds is 2. The van der Waals surface area contributed by atoms with Crippen LogP contribution in [0.2, 0.25) is 0 Å². The van der Waals surface area contributed by atoms with Gasteiger partial charge >= 0.3 is 0 Å². The van der Waals surface area contributed by atoms with Crippen molar-refractivity contribution < 1.29 is 5.11 Å². The topological polar surface area (TPSA) is 46.2 Å². The molecule has 2 heteroatoms. The number of nitrogen functional groups attached to an aromatic ring is 1. The summed E-state index contributed by atoms with van der Waals surface area (Å²) < 4.78 is 0. The standard InChI is InChI=1S/C10H15NO/c1-7(8(2)12)9-5-3-4-6-10(9)11/h3-8,12H,11H2,1-2H3/t7-,8+/m0/s1. The lowest BCUT2D eigenvalue weighted by atomic mass is 9.95. The Labute approximate surface area is 73.0 Å². The molecule has 1 rings (SSSR count). The number of hydrogen-bond acceptors (Lipinski definition) is 2. The zero-order valence-corrected chi connectivity index (χ0v) is 7.49. The maximum atomic E-state index is 9.34. The second kappa shape index (κ2) is 3.59. The SMILES string of the molecule is C[C@H](c1ccccc1N)[C@@H](C)O. The first kappa shape index (κ1) is 9.07. The summed E-state index contributed by atoms with van der Waals surface area (Å²) in [6.45, 7) is 3.74. The highest BCUT2D eigenvalue weighted by atomic mass is 16.3. The van der Waals surface area contributed by atoms with Gasteiger partial charge < -0.3 is 10.8 Å². The lowest BCUT2D eigenvalue weighted by Crippen LogP contribution is -2.12. The predicted molar refractivity (Wildman–Crippen MR) is 51.0 cm³/mol. The van der Waals surface area contributed by atoms with Gasteiger partial charge in [-0.25, -0.2) is 0 Å². The van der Waals surface area contributed by atoms with Crippen LogP contribution < -0.4 is 5.73 Å². The monoisotopic (exact) mass is 165 g/mol. The number of hydrogen-bond donors (Lipinski definition) is 2. The van der Waals surface area contributed by atoms with Crippen LogP contribution in [0.3, 0.4) is 0 Å². The van der Waals surface area contributed by atoms with E-state index in [1.54, 1.807) is 6.92 Å². The van der Waals surface area contributed by atoms with Crippen LogP contribution in [0.1, 0.15) is 25.3 Å². The normalized spacial score (nSPS) is 15.6. The van der Waals surface area contributed by atoms with Gasteiger partial charge in [0.15, 0.2) is 0 Å². The maximum Gasteiger partial charge on any atom is 0.0578 e. The molecule has 0 fully saturated rings. The van der Waals surface area contributed by atoms with Crippen molar-refractivity contribution in [3.63, 3.8) is 0 Å². The molecule has 3 N–H and O–H groups in total. The molecule has 2 atom stereocenters. The number of aliphatic hydroxyl groups excluding tert-OH is 1. The van der Waals surface area contributed by atoms with E-state index in [-0.39, 0.29) is 12.0 Å². The second-order valence-electron chi connectivity index (χ2n) is 3.16. The van der Waals surface area contributed by atoms with Gasteiger partial charge in [-0.3, -0.25) is 0 Å². The smallest absolute Gasteiger partial charge is 0.0578 e. The third kappa shape index (κ3) is 1.77. The molecule has 0 aliphatic rings. The van der Waals surface area contributed by atoms with Crippen molar-refractivity contribution in [2.75, 3.05) is 5.73 Å². The Morgan fingerprint density at radius 3 is 2.33 bits per heavy atom. The van der Waals surface area contributed by atoms with Crippen molar-refractivity contribution >= 4 is 5.69 Å². The van der Waals surface area contributed by atoms with Gasteiger partial charge in [-0.05, 0) is 18.6 Å². The quantitative estimate of drug-likeness (QED) is 0.656. The van der Waals surface area contributed by atoms with Crippen LogP contribution in [0.5, 0.6) is 0 Å². The highest BCUT2D eigenvalue weighted by Crippen LogP contribution is 2.24. The summed E-state index contributed by atoms with van der Waals surface area (Å²) in [5, 5.41) is 9.34. The third-order valence-corrected chi connectivity index (χ3v) is 2.21. The highest BCUT2D eigenvalue weighted by molar-refractivity contribution is 5.48. The fourth-order valence-corrected chi connectivity index (χ4v) is 1.19. The van der Waals surface area contributed by atoms with E-state index in [2.05, 4.69) is 0 Å². The Morgan fingerprint density at radius 1 is 1.25 bits per heavy atom. The van der Waals surface area contributed by atoms with Crippen molar-refractivity contribution in [2.24, 2.45) is 0 Å². The lowest BCUT2D eigenvalue weighted by Gasteiger charge is -2.16. The molecule has 0 saturated carbocycles. The molecule has 0 heterocycles. The van der Waals surface area contributed by atoms with Crippen LogP contribution >= 0.6 is 0 Å². The first-order valence-corrected chi connectivity index (χ1v) is 4.15. The van der Waals surface area contributed by atoms with E-state index in [0.717, 1.165) is 11.3 Å². The summed E-state index contributed by atoms with van der Waals surface area (Å²) >= 11 is 0. The average Bonchev–Trinajstić information content (AvgIpc) is 2.04. The van der Waals surface area contributed by atoms with Gasteiger partial charge in [-0.2, -0.15) is 0 Å². The fourth-order valence-electron chi connectivity index (χ4n) is 1.19. The number of aliphatic hydroxyl groups is 1. The molecule has 0 saturated heterocycles. The minimum atomic E-state index is -0.352. The van der Waals surface area contributed by atoms with E-state index in [9.17, 15) is 5.11 Å². The van der Waals surface area contributed by atoms with Gasteiger partial charge in [0.2, 0.25) is 0 Å². The van der Waals surface area contributed by atoms with Crippen LogP contribution in [-0.2, 0) is 0 Å². The van der Waals surface area contributed by atoms with Crippen LogP contribution in [-0.4, -0.2) is 11.2 Å². The summed E-state index contributed by atoms with van der Waals surface area (Å²) in [6, 6.07) is 7.64. The molecule has 0 bridgehead atoms. The first-order chi connectivity index (χ1) is 5.63. The van der Waals surface area contributed by atoms with E-state index < -0.39 is 0 Å². The van der Waals surface area contributed by atoms with E-state index in [4.69, 9.17) is 5.73 Å². The fraction of sp³-hybridized carbons (Fsp3) is 0.400. The molecule has 2 nitrogen and oxygen atoms in total. The first-order valence-electron chi connectivity index (χ1n) is 4.15. The van der Waals surface area contributed by atoms with Gasteiger partial charge in [0.25, 0.3) is 0 Å². The molecule has 0 aliphatic carbocycles. The van der Waals surface area contributed by atoms with Crippen LogP contribution in [0.15, 0.2) is 24.3 Å². The molecule has 0 aromatic heterocycles. The van der Waals surface area contributed by atoms with Crippen molar-refractivity contribution in [1.29, 1.82) is 0 Å². The molecular weight excluding hydrogens is 150 g/mol. The third-order valence-electron chi connectivity index (χ3n) is 2.21. The summed E-state index contributed by atoms with van der Waals surface area (Å²) in [5.74, 6) is 0.103. The summed E-state index contributed by atoms with van der Waals surface area (Å²) in [5.41, 5.74) is 7.52. The van der Waals surface area contributed by atoms with Gasteiger partial charge in [-0.15, -0.1) is 0 Å². The van der Waals surface area contributed by atoms with E-state index in [0.29, 0.717) is 0 Å². The Kier molecular flexibility index (Phi) is 2.71. The second-order valence-corrected chi connectivity index (χ2v) is 3.16. The van der Waals surface area contributed by atoms with E-state index in [1.807, 2.05) is 31.2 Å². The van der Waals surface area contributed by atoms with Crippen molar-refractivity contribution in [2.45, 2.75) is 25.9 Å². The molecule has 0 unspecified atom stereocenters. The van der Waals surface area contributed by atoms with Crippen molar-refractivity contribution in [3.8, 4) is 0 Å². The molecule has 1 aromatic carbocycles. The zero-order chi connectivity index (χ0) is 9.14. The molecule has 12 heavy (non-hydrogen) atoms. The molecule has 0 spiro atoms. The lowest BCUT2D eigenvalue weighted by molar-refractivity contribution is 0.169. The van der Waals surface area contributed by atoms with E-state index in [1.165, 1.54) is 0 Å². The maximum absolute atomic E-state index is 9.34. The van der Waals surface area contributed by atoms with E-state index >= 15 is 0 Å². The predicted octanol–water partition coefficient (Wildman–Crippen LogP) is 1.75. The minimum absolute atomic E-state index is 0.103. The zero-order valence-electron chi connectivity index (χ0n) is 7.49. The summed E-state index contributed by atoms with van der Waals surface area (Å²) in [6.07, 6.45) is -0.352. The van der Waals surface area contributed by atoms with Crippen molar-refractivity contribution in [3.05, 3.63) is 29.8 Å². The average molecular weight is 165 g/mol. The number of nitrogens with two attached hydrogens (primary N) is 1. The molecule has 0 radical (unpaired) electrons. The van der Waals surface area contributed by atoms with Crippen LogP contribution in [0.25, 0.3) is 0 Å². The molecular formula is C10H15NO. The van der Waals surface area contributed by atoms with Crippen LogP contribution in [0.4, 0.5) is 5.69 Å². The minimum Gasteiger partial charge on any atom is -0.398 e. The Balaban J connectivity index is 2.94. The van der Waals surface area contributed by atoms with Gasteiger partial charge in [0, 0.05) is 11.6 Å². The number of para-hydroxylation sites is 1. The summed E-state index contributed by atoms with van der Waals surface area (Å²) in [4.78, 5) is 0. The van der Waals surface area contributed by atoms with Gasteiger partial charge in [0.05, 0.1) is 6.10 Å². The largest absolute Gasteiger partial charge is 0.398 e. The molecule has 1 aromatic rings. The van der Waals surface area contributed by atoms with Gasteiger partial charge in [0.1, 0.15) is 0 Å². The Hall–Kier alpha value is -1.02. The van der Waals surface area contributed by atoms with Crippen molar-refractivity contribution in [1.82, 2.24) is 0 Å². The highest BCUT2D eigenvalue weighted by Gasteiger charge is 2.12. The summed E-state index contributed by atoms with van der Waals surface area (Å²) in [7, 11) is 0. The molecule has 0 aliphatic heterocycles. The Morgan fingerprint density at radius 2 is 1.83 bits per heavy atom. The molecule has 0 amide bonds. The number of benzene rings is 1. The molecule has 66 valence electrons. The van der Waals surface area contributed by atoms with Gasteiger partial charge in [-0.1, -0.05) is 25.1 Å².